The van der Waals surface area contributed by atoms with E-state index >= 15 is 0 Å². The summed E-state index contributed by atoms with van der Waals surface area (Å²) >= 11 is 1.54. The third-order valence-electron chi connectivity index (χ3n) is 1.79. The molecule has 0 unspecified atom stereocenters. The lowest BCUT2D eigenvalue weighted by molar-refractivity contribution is -0.613. The molecule has 1 aromatic rings. The van der Waals surface area contributed by atoms with Crippen LogP contribution in [-0.4, -0.2) is 23.7 Å². The van der Waals surface area contributed by atoms with Gasteiger partial charge in [-0.05, 0) is 6.26 Å². The SMILES string of the molecule is CSc1cc[n+]([O-])c(CC(=N)CO)c1. The first kappa shape index (κ1) is 11.0. The van der Waals surface area contributed by atoms with Crippen LogP contribution in [0.1, 0.15) is 5.69 Å². The predicted molar refractivity (Wildman–Crippen MR) is 55.7 cm³/mol. The van der Waals surface area contributed by atoms with E-state index in [1.165, 1.54) is 6.20 Å². The van der Waals surface area contributed by atoms with Crippen LogP contribution in [0.4, 0.5) is 0 Å². The zero-order valence-corrected chi connectivity index (χ0v) is 8.67. The maximum atomic E-state index is 11.3. The maximum Gasteiger partial charge on any atom is 0.199 e. The minimum atomic E-state index is -0.302. The van der Waals surface area contributed by atoms with Crippen LogP contribution in [0.15, 0.2) is 23.2 Å². The Bertz CT molecular complexity index is 342. The van der Waals surface area contributed by atoms with Crippen molar-refractivity contribution in [2.75, 3.05) is 12.9 Å². The average Bonchev–Trinajstić information content (AvgIpc) is 2.21. The van der Waals surface area contributed by atoms with E-state index in [1.54, 1.807) is 23.9 Å². The zero-order valence-electron chi connectivity index (χ0n) is 7.86. The molecule has 0 aliphatic carbocycles. The fourth-order valence-corrected chi connectivity index (χ4v) is 1.49. The Morgan fingerprint density at radius 2 is 2.43 bits per heavy atom. The van der Waals surface area contributed by atoms with Crippen LogP contribution in [0.25, 0.3) is 0 Å². The molecule has 1 rings (SSSR count). The highest BCUT2D eigenvalue weighted by Crippen LogP contribution is 2.13. The van der Waals surface area contributed by atoms with Crippen LogP contribution in [0, 0.1) is 10.6 Å². The Balaban J connectivity index is 2.89. The molecule has 0 fully saturated rings. The van der Waals surface area contributed by atoms with Gasteiger partial charge in [0.25, 0.3) is 0 Å². The van der Waals surface area contributed by atoms with Crippen LogP contribution >= 0.6 is 11.8 Å². The zero-order chi connectivity index (χ0) is 10.6. The van der Waals surface area contributed by atoms with E-state index < -0.39 is 0 Å². The first-order chi connectivity index (χ1) is 6.67. The summed E-state index contributed by atoms with van der Waals surface area (Å²) in [7, 11) is 0. The van der Waals surface area contributed by atoms with Crippen molar-refractivity contribution in [1.82, 2.24) is 0 Å². The number of pyridine rings is 1. The summed E-state index contributed by atoms with van der Waals surface area (Å²) in [6.45, 7) is -0.302. The van der Waals surface area contributed by atoms with Crippen molar-refractivity contribution in [3.8, 4) is 0 Å². The molecule has 0 aliphatic rings. The van der Waals surface area contributed by atoms with E-state index in [0.717, 1.165) is 9.63 Å². The van der Waals surface area contributed by atoms with E-state index in [9.17, 15) is 5.21 Å². The molecular formula is C9H12N2O2S. The molecule has 1 aromatic heterocycles. The Kier molecular flexibility index (Phi) is 3.91. The highest BCUT2D eigenvalue weighted by Gasteiger charge is 2.08. The maximum absolute atomic E-state index is 11.3. The van der Waals surface area contributed by atoms with Gasteiger partial charge in [-0.2, -0.15) is 4.73 Å². The molecule has 0 bridgehead atoms. The van der Waals surface area contributed by atoms with E-state index in [-0.39, 0.29) is 18.7 Å². The molecule has 0 aliphatic heterocycles. The van der Waals surface area contributed by atoms with Gasteiger partial charge in [-0.3, -0.25) is 0 Å². The van der Waals surface area contributed by atoms with Gasteiger partial charge in [-0.15, -0.1) is 11.8 Å². The summed E-state index contributed by atoms with van der Waals surface area (Å²) in [4.78, 5) is 0.984. The second kappa shape index (κ2) is 4.97. The Labute approximate surface area is 86.7 Å². The molecule has 0 radical (unpaired) electrons. The van der Waals surface area contributed by atoms with E-state index in [1.807, 2.05) is 6.26 Å². The van der Waals surface area contributed by atoms with Gasteiger partial charge in [0.15, 0.2) is 11.9 Å². The van der Waals surface area contributed by atoms with Crippen molar-refractivity contribution in [3.05, 3.63) is 29.2 Å². The van der Waals surface area contributed by atoms with Crippen molar-refractivity contribution < 1.29 is 9.84 Å². The number of aliphatic hydroxyl groups excluding tert-OH is 1. The second-order valence-corrected chi connectivity index (χ2v) is 3.70. The molecule has 0 aromatic carbocycles. The topological polar surface area (TPSA) is 71.0 Å². The summed E-state index contributed by atoms with van der Waals surface area (Å²) in [5, 5.41) is 27.2. The van der Waals surface area contributed by atoms with Gasteiger partial charge in [-0.1, -0.05) is 0 Å². The van der Waals surface area contributed by atoms with Gasteiger partial charge in [0.2, 0.25) is 0 Å². The van der Waals surface area contributed by atoms with E-state index in [4.69, 9.17) is 10.5 Å². The van der Waals surface area contributed by atoms with Crippen molar-refractivity contribution in [1.29, 1.82) is 5.41 Å². The molecule has 14 heavy (non-hydrogen) atoms. The van der Waals surface area contributed by atoms with Gasteiger partial charge in [0.05, 0.1) is 13.0 Å². The van der Waals surface area contributed by atoms with Gasteiger partial charge in [-0.25, -0.2) is 0 Å². The number of aliphatic hydroxyl groups is 1. The molecule has 76 valence electrons. The number of rotatable bonds is 4. The minimum absolute atomic E-state index is 0.146. The van der Waals surface area contributed by atoms with E-state index in [2.05, 4.69) is 0 Å². The van der Waals surface area contributed by atoms with Gasteiger partial charge >= 0.3 is 0 Å². The molecule has 0 atom stereocenters. The quantitative estimate of drug-likeness (QED) is 0.332. The second-order valence-electron chi connectivity index (χ2n) is 2.82. The monoisotopic (exact) mass is 212 g/mol. The number of hydrogen-bond donors (Lipinski definition) is 2. The molecule has 0 saturated carbocycles. The summed E-state index contributed by atoms with van der Waals surface area (Å²) < 4.78 is 0.726. The highest BCUT2D eigenvalue weighted by atomic mass is 32.2. The minimum Gasteiger partial charge on any atom is -0.618 e. The van der Waals surface area contributed by atoms with Crippen LogP contribution in [0.5, 0.6) is 0 Å². The summed E-state index contributed by atoms with van der Waals surface area (Å²) in [6.07, 6.45) is 3.55. The largest absolute Gasteiger partial charge is 0.618 e. The lowest BCUT2D eigenvalue weighted by Crippen LogP contribution is -2.32. The van der Waals surface area contributed by atoms with Crippen LogP contribution in [0.2, 0.25) is 0 Å². The molecule has 0 saturated heterocycles. The number of hydrogen-bond acceptors (Lipinski definition) is 4. The van der Waals surface area contributed by atoms with Crippen LogP contribution < -0.4 is 4.73 Å². The van der Waals surface area contributed by atoms with Crippen LogP contribution in [0.3, 0.4) is 0 Å². The Hall–Kier alpha value is -1.07. The smallest absolute Gasteiger partial charge is 0.199 e. The fraction of sp³-hybridized carbons (Fsp3) is 0.333. The lowest BCUT2D eigenvalue weighted by atomic mass is 10.2. The van der Waals surface area contributed by atoms with E-state index in [0.29, 0.717) is 5.69 Å². The fourth-order valence-electron chi connectivity index (χ4n) is 1.04. The van der Waals surface area contributed by atoms with Crippen molar-refractivity contribution in [2.24, 2.45) is 0 Å². The predicted octanol–water partition coefficient (Wildman–Crippen LogP) is 0.596. The van der Waals surface area contributed by atoms with Gasteiger partial charge in [0.1, 0.15) is 0 Å². The standard InChI is InChI=1S/C9H12N2O2S/c1-14-9-2-3-11(13)8(5-9)4-7(10)6-12/h2-3,5,10,12H,4,6H2,1H3. The van der Waals surface area contributed by atoms with Gasteiger partial charge < -0.3 is 15.7 Å². The first-order valence-electron chi connectivity index (χ1n) is 4.10. The number of nitrogens with zero attached hydrogens (tertiary/aromatic N) is 1. The average molecular weight is 212 g/mol. The summed E-state index contributed by atoms with van der Waals surface area (Å²) in [6, 6.07) is 3.46. The molecule has 0 amide bonds. The van der Waals surface area contributed by atoms with Crippen molar-refractivity contribution in [2.45, 2.75) is 11.3 Å². The van der Waals surface area contributed by atoms with Crippen LogP contribution in [-0.2, 0) is 6.42 Å². The van der Waals surface area contributed by atoms with Crippen molar-refractivity contribution in [3.63, 3.8) is 0 Å². The van der Waals surface area contributed by atoms with Crippen molar-refractivity contribution >= 4 is 17.5 Å². The lowest BCUT2D eigenvalue weighted by Gasteiger charge is -2.05. The number of thioether (sulfide) groups is 1. The summed E-state index contributed by atoms with van der Waals surface area (Å²) in [5.41, 5.74) is 0.642. The van der Waals surface area contributed by atoms with Gasteiger partial charge in [0, 0.05) is 22.7 Å². The number of aromatic nitrogens is 1. The third-order valence-corrected chi connectivity index (χ3v) is 2.51. The number of nitrogens with one attached hydrogen (secondary N) is 1. The normalized spacial score (nSPS) is 10.1. The molecule has 0 spiro atoms. The first-order valence-corrected chi connectivity index (χ1v) is 5.33. The third kappa shape index (κ3) is 2.71. The molecule has 1 heterocycles. The molecular weight excluding hydrogens is 200 g/mol. The summed E-state index contributed by atoms with van der Waals surface area (Å²) in [5.74, 6) is 0. The molecule has 4 nitrogen and oxygen atoms in total. The Morgan fingerprint density at radius 1 is 1.71 bits per heavy atom. The highest BCUT2D eigenvalue weighted by molar-refractivity contribution is 7.98. The molecule has 2 N–H and O–H groups in total. The molecule has 5 heteroatoms. The Morgan fingerprint density at radius 3 is 3.00 bits per heavy atom.